The van der Waals surface area contributed by atoms with E-state index in [9.17, 15) is 4.79 Å². The maximum Gasteiger partial charge on any atom is 0.123 e. The molecule has 0 aromatic rings. The predicted octanol–water partition coefficient (Wildman–Crippen LogP) is 2.66. The van der Waals surface area contributed by atoms with E-state index in [0.29, 0.717) is 23.9 Å². The van der Waals surface area contributed by atoms with Crippen LogP contribution < -0.4 is 0 Å². The maximum atomic E-state index is 11.2. The lowest BCUT2D eigenvalue weighted by atomic mass is 9.84. The summed E-state index contributed by atoms with van der Waals surface area (Å²) in [5.74, 6) is 1.58. The Labute approximate surface area is 111 Å². The molecule has 18 heavy (non-hydrogen) atoms. The summed E-state index contributed by atoms with van der Waals surface area (Å²) in [6.07, 6.45) is 5.58. The van der Waals surface area contributed by atoms with Crippen molar-refractivity contribution < 1.29 is 14.6 Å². The van der Waals surface area contributed by atoms with Crippen molar-refractivity contribution in [3.05, 3.63) is 0 Å². The zero-order chi connectivity index (χ0) is 13.5. The SMILES string of the molecule is CC(CO)CC(C)CC(C=O)CC(C)CC1CO1. The summed E-state index contributed by atoms with van der Waals surface area (Å²) in [5, 5.41) is 9.04. The highest BCUT2D eigenvalue weighted by atomic mass is 16.6. The molecule has 0 bridgehead atoms. The molecule has 0 radical (unpaired) electrons. The summed E-state index contributed by atoms with van der Waals surface area (Å²) < 4.78 is 5.23. The van der Waals surface area contributed by atoms with E-state index in [1.165, 1.54) is 0 Å². The van der Waals surface area contributed by atoms with E-state index in [-0.39, 0.29) is 12.5 Å². The third kappa shape index (κ3) is 6.50. The maximum absolute atomic E-state index is 11.2. The van der Waals surface area contributed by atoms with Crippen molar-refractivity contribution in [1.29, 1.82) is 0 Å². The van der Waals surface area contributed by atoms with Crippen molar-refractivity contribution in [2.75, 3.05) is 13.2 Å². The second-order valence-electron chi connectivity index (χ2n) is 6.29. The minimum Gasteiger partial charge on any atom is -0.396 e. The van der Waals surface area contributed by atoms with Gasteiger partial charge in [-0.25, -0.2) is 0 Å². The Morgan fingerprint density at radius 1 is 1.17 bits per heavy atom. The lowest BCUT2D eigenvalue weighted by Gasteiger charge is -2.21. The second-order valence-corrected chi connectivity index (χ2v) is 6.29. The van der Waals surface area contributed by atoms with Gasteiger partial charge in [-0.15, -0.1) is 0 Å². The van der Waals surface area contributed by atoms with Crippen molar-refractivity contribution in [2.24, 2.45) is 23.7 Å². The number of rotatable bonds is 10. The molecular weight excluding hydrogens is 228 g/mol. The van der Waals surface area contributed by atoms with Gasteiger partial charge in [-0.3, -0.25) is 0 Å². The summed E-state index contributed by atoms with van der Waals surface area (Å²) in [5.41, 5.74) is 0. The van der Waals surface area contributed by atoms with Crippen LogP contribution in [-0.4, -0.2) is 30.7 Å². The van der Waals surface area contributed by atoms with Crippen LogP contribution in [0.4, 0.5) is 0 Å². The molecule has 0 aliphatic carbocycles. The van der Waals surface area contributed by atoms with E-state index in [0.717, 1.165) is 38.6 Å². The quantitative estimate of drug-likeness (QED) is 0.483. The van der Waals surface area contributed by atoms with Crippen molar-refractivity contribution >= 4 is 6.29 Å². The molecule has 1 aliphatic heterocycles. The van der Waals surface area contributed by atoms with Crippen LogP contribution >= 0.6 is 0 Å². The Balaban J connectivity index is 2.24. The average molecular weight is 256 g/mol. The van der Waals surface area contributed by atoms with E-state index in [1.54, 1.807) is 0 Å². The first-order valence-corrected chi connectivity index (χ1v) is 7.22. The zero-order valence-electron chi connectivity index (χ0n) is 12.0. The molecule has 106 valence electrons. The molecule has 1 rings (SSSR count). The summed E-state index contributed by atoms with van der Waals surface area (Å²) in [7, 11) is 0. The van der Waals surface area contributed by atoms with Crippen molar-refractivity contribution in [1.82, 2.24) is 0 Å². The molecule has 0 spiro atoms. The van der Waals surface area contributed by atoms with Crippen molar-refractivity contribution in [3.63, 3.8) is 0 Å². The van der Waals surface area contributed by atoms with Gasteiger partial charge in [-0.05, 0) is 43.4 Å². The van der Waals surface area contributed by atoms with Gasteiger partial charge in [-0.2, -0.15) is 0 Å². The number of aldehydes is 1. The van der Waals surface area contributed by atoms with Crippen LogP contribution in [0, 0.1) is 23.7 Å². The predicted molar refractivity (Wildman–Crippen MR) is 72.3 cm³/mol. The van der Waals surface area contributed by atoms with Crippen LogP contribution in [0.2, 0.25) is 0 Å². The lowest BCUT2D eigenvalue weighted by Crippen LogP contribution is -2.15. The third-order valence-corrected chi connectivity index (χ3v) is 3.79. The molecule has 3 nitrogen and oxygen atoms in total. The molecule has 5 unspecified atom stereocenters. The number of carbonyl (C=O) groups is 1. The van der Waals surface area contributed by atoms with Crippen molar-refractivity contribution in [3.8, 4) is 0 Å². The minimum absolute atomic E-state index is 0.166. The number of hydrogen-bond donors (Lipinski definition) is 1. The second kappa shape index (κ2) is 7.90. The summed E-state index contributed by atoms with van der Waals surface area (Å²) in [6, 6.07) is 0. The number of aliphatic hydroxyl groups excluding tert-OH is 1. The number of epoxide rings is 1. The Morgan fingerprint density at radius 3 is 2.28 bits per heavy atom. The van der Waals surface area contributed by atoms with Gasteiger partial charge < -0.3 is 14.6 Å². The number of hydrogen-bond acceptors (Lipinski definition) is 3. The first-order chi connectivity index (χ1) is 8.55. The number of ether oxygens (including phenoxy) is 1. The van der Waals surface area contributed by atoms with Gasteiger partial charge in [0, 0.05) is 12.5 Å². The highest BCUT2D eigenvalue weighted by molar-refractivity contribution is 5.53. The van der Waals surface area contributed by atoms with Crippen LogP contribution in [0.25, 0.3) is 0 Å². The Bertz CT molecular complexity index is 238. The number of aliphatic hydroxyl groups is 1. The number of carbonyl (C=O) groups excluding carboxylic acids is 1. The van der Waals surface area contributed by atoms with Gasteiger partial charge in [0.1, 0.15) is 6.29 Å². The van der Waals surface area contributed by atoms with E-state index >= 15 is 0 Å². The van der Waals surface area contributed by atoms with E-state index in [2.05, 4.69) is 20.8 Å². The van der Waals surface area contributed by atoms with Crippen LogP contribution in [0.1, 0.15) is 46.5 Å². The van der Waals surface area contributed by atoms with Gasteiger partial charge >= 0.3 is 0 Å². The fourth-order valence-electron chi connectivity index (χ4n) is 2.85. The van der Waals surface area contributed by atoms with Crippen LogP contribution in [-0.2, 0) is 9.53 Å². The van der Waals surface area contributed by atoms with Crippen LogP contribution in [0.5, 0.6) is 0 Å². The van der Waals surface area contributed by atoms with Gasteiger partial charge in [0.15, 0.2) is 0 Å². The third-order valence-electron chi connectivity index (χ3n) is 3.79. The van der Waals surface area contributed by atoms with Gasteiger partial charge in [-0.1, -0.05) is 20.8 Å². The van der Waals surface area contributed by atoms with Gasteiger partial charge in [0.2, 0.25) is 0 Å². The summed E-state index contributed by atoms with van der Waals surface area (Å²) in [6.45, 7) is 7.59. The molecule has 0 saturated carbocycles. The molecular formula is C15H28O3. The lowest BCUT2D eigenvalue weighted by molar-refractivity contribution is -0.112. The monoisotopic (exact) mass is 256 g/mol. The Hall–Kier alpha value is -0.410. The topological polar surface area (TPSA) is 49.8 Å². The Kier molecular flexibility index (Phi) is 6.87. The van der Waals surface area contributed by atoms with E-state index in [1.807, 2.05) is 0 Å². The van der Waals surface area contributed by atoms with Gasteiger partial charge in [0.25, 0.3) is 0 Å². The van der Waals surface area contributed by atoms with E-state index in [4.69, 9.17) is 9.84 Å². The molecule has 1 fully saturated rings. The molecule has 0 aromatic carbocycles. The van der Waals surface area contributed by atoms with E-state index < -0.39 is 0 Å². The molecule has 1 heterocycles. The molecule has 0 amide bonds. The summed E-state index contributed by atoms with van der Waals surface area (Å²) in [4.78, 5) is 11.2. The highest BCUT2D eigenvalue weighted by Crippen LogP contribution is 2.27. The molecule has 1 aliphatic rings. The normalized spacial score (nSPS) is 25.2. The first-order valence-electron chi connectivity index (χ1n) is 7.22. The first kappa shape index (κ1) is 15.6. The Morgan fingerprint density at radius 2 is 1.78 bits per heavy atom. The molecule has 1 saturated heterocycles. The average Bonchev–Trinajstić information content (AvgIpc) is 3.11. The molecule has 5 atom stereocenters. The van der Waals surface area contributed by atoms with Crippen molar-refractivity contribution in [2.45, 2.75) is 52.6 Å². The smallest absolute Gasteiger partial charge is 0.123 e. The fourth-order valence-corrected chi connectivity index (χ4v) is 2.85. The minimum atomic E-state index is 0.166. The molecule has 3 heteroatoms. The molecule has 1 N–H and O–H groups in total. The largest absolute Gasteiger partial charge is 0.396 e. The molecule has 0 aromatic heterocycles. The van der Waals surface area contributed by atoms with Crippen LogP contribution in [0.3, 0.4) is 0 Å². The zero-order valence-corrected chi connectivity index (χ0v) is 12.0. The summed E-state index contributed by atoms with van der Waals surface area (Å²) >= 11 is 0. The van der Waals surface area contributed by atoms with Crippen LogP contribution in [0.15, 0.2) is 0 Å². The van der Waals surface area contributed by atoms with Gasteiger partial charge in [0.05, 0.1) is 12.7 Å². The fraction of sp³-hybridized carbons (Fsp3) is 0.933. The highest BCUT2D eigenvalue weighted by Gasteiger charge is 2.26. The standard InChI is InChI=1S/C15H28O3/c1-11(4-13(3)8-16)5-14(9-17)6-12(2)7-15-10-18-15/h9,11-16H,4-8,10H2,1-3H3.